The second kappa shape index (κ2) is 7.13. The summed E-state index contributed by atoms with van der Waals surface area (Å²) >= 11 is 6.00. The first-order valence-corrected chi connectivity index (χ1v) is 8.50. The largest absolute Gasteiger partial charge is 0.378 e. The Balaban J connectivity index is 2.02. The zero-order valence-corrected chi connectivity index (χ0v) is 14.4. The summed E-state index contributed by atoms with van der Waals surface area (Å²) in [6.07, 6.45) is 3.80. The van der Waals surface area contributed by atoms with Crippen LogP contribution in [0.25, 0.3) is 0 Å². The Hall–Kier alpha value is -0.570. The molecule has 2 nitrogen and oxygen atoms in total. The van der Waals surface area contributed by atoms with Crippen molar-refractivity contribution >= 4 is 11.6 Å². The SMILES string of the molecule is CCCC(NC1CC(OCC)C1(C)C)c1ccc(Cl)cc1. The van der Waals surface area contributed by atoms with Gasteiger partial charge in [-0.1, -0.05) is 50.9 Å². The first-order valence-electron chi connectivity index (χ1n) is 8.12. The molecule has 1 aromatic rings. The molecule has 1 saturated carbocycles. The quantitative estimate of drug-likeness (QED) is 0.767. The summed E-state index contributed by atoms with van der Waals surface area (Å²) in [5.41, 5.74) is 1.53. The van der Waals surface area contributed by atoms with Crippen molar-refractivity contribution in [3.63, 3.8) is 0 Å². The van der Waals surface area contributed by atoms with E-state index >= 15 is 0 Å². The van der Waals surface area contributed by atoms with E-state index in [1.165, 1.54) is 12.0 Å². The van der Waals surface area contributed by atoms with Gasteiger partial charge >= 0.3 is 0 Å². The van der Waals surface area contributed by atoms with E-state index in [0.29, 0.717) is 18.2 Å². The number of hydrogen-bond donors (Lipinski definition) is 1. The van der Waals surface area contributed by atoms with E-state index in [9.17, 15) is 0 Å². The molecule has 0 bridgehead atoms. The van der Waals surface area contributed by atoms with Gasteiger partial charge in [0.1, 0.15) is 0 Å². The van der Waals surface area contributed by atoms with Gasteiger partial charge in [-0.2, -0.15) is 0 Å². The average Bonchev–Trinajstić information content (AvgIpc) is 2.46. The van der Waals surface area contributed by atoms with Crippen LogP contribution in [0.1, 0.15) is 58.6 Å². The topological polar surface area (TPSA) is 21.3 Å². The molecule has 1 aliphatic rings. The van der Waals surface area contributed by atoms with Gasteiger partial charge in [-0.15, -0.1) is 0 Å². The third kappa shape index (κ3) is 3.80. The van der Waals surface area contributed by atoms with Crippen molar-refractivity contribution in [3.05, 3.63) is 34.9 Å². The Morgan fingerprint density at radius 2 is 1.95 bits per heavy atom. The van der Waals surface area contributed by atoms with E-state index in [0.717, 1.165) is 24.5 Å². The molecule has 0 amide bonds. The molecule has 1 aromatic carbocycles. The van der Waals surface area contributed by atoms with Crippen molar-refractivity contribution in [2.45, 2.75) is 65.1 Å². The minimum atomic E-state index is 0.203. The van der Waals surface area contributed by atoms with Gasteiger partial charge in [0.05, 0.1) is 6.10 Å². The second-order valence-electron chi connectivity index (χ2n) is 6.61. The van der Waals surface area contributed by atoms with Crippen LogP contribution in [0.5, 0.6) is 0 Å². The highest BCUT2D eigenvalue weighted by molar-refractivity contribution is 6.30. The summed E-state index contributed by atoms with van der Waals surface area (Å²) in [5.74, 6) is 0. The summed E-state index contributed by atoms with van der Waals surface area (Å²) in [5, 5.41) is 4.65. The van der Waals surface area contributed by atoms with Gasteiger partial charge in [0.2, 0.25) is 0 Å². The van der Waals surface area contributed by atoms with Crippen LogP contribution in [-0.2, 0) is 4.74 Å². The molecule has 0 spiro atoms. The van der Waals surface area contributed by atoms with E-state index in [1.54, 1.807) is 0 Å². The van der Waals surface area contributed by atoms with E-state index < -0.39 is 0 Å². The Labute approximate surface area is 134 Å². The van der Waals surface area contributed by atoms with E-state index in [4.69, 9.17) is 16.3 Å². The fourth-order valence-corrected chi connectivity index (χ4v) is 3.35. The minimum absolute atomic E-state index is 0.203. The van der Waals surface area contributed by atoms with Crippen molar-refractivity contribution in [2.24, 2.45) is 5.41 Å². The Bertz CT molecular complexity index is 443. The lowest BCUT2D eigenvalue weighted by Gasteiger charge is -2.53. The smallest absolute Gasteiger partial charge is 0.0655 e. The van der Waals surface area contributed by atoms with Crippen LogP contribution in [0, 0.1) is 5.41 Å². The second-order valence-corrected chi connectivity index (χ2v) is 7.05. The Morgan fingerprint density at radius 1 is 1.29 bits per heavy atom. The molecule has 0 aromatic heterocycles. The van der Waals surface area contributed by atoms with Crippen molar-refractivity contribution in [2.75, 3.05) is 6.61 Å². The van der Waals surface area contributed by atoms with Crippen LogP contribution < -0.4 is 5.32 Å². The number of hydrogen-bond acceptors (Lipinski definition) is 2. The van der Waals surface area contributed by atoms with Gasteiger partial charge < -0.3 is 10.1 Å². The van der Waals surface area contributed by atoms with E-state index in [-0.39, 0.29) is 5.41 Å². The first-order chi connectivity index (χ1) is 9.98. The Kier molecular flexibility index (Phi) is 5.70. The van der Waals surface area contributed by atoms with Crippen LogP contribution in [0.3, 0.4) is 0 Å². The molecule has 0 heterocycles. The highest BCUT2D eigenvalue weighted by Gasteiger charge is 2.49. The average molecular weight is 310 g/mol. The molecular weight excluding hydrogens is 282 g/mol. The molecule has 1 N–H and O–H groups in total. The minimum Gasteiger partial charge on any atom is -0.378 e. The summed E-state index contributed by atoms with van der Waals surface area (Å²) in [6.45, 7) is 9.72. The van der Waals surface area contributed by atoms with Crippen LogP contribution in [0.4, 0.5) is 0 Å². The molecule has 0 aliphatic heterocycles. The van der Waals surface area contributed by atoms with E-state index in [1.807, 2.05) is 12.1 Å². The number of ether oxygens (including phenoxy) is 1. The number of rotatable bonds is 7. The number of nitrogens with one attached hydrogen (secondary N) is 1. The van der Waals surface area contributed by atoms with Gasteiger partial charge in [0.15, 0.2) is 0 Å². The normalized spacial score (nSPS) is 25.4. The molecular formula is C18H28ClNO. The molecule has 1 fully saturated rings. The molecule has 3 unspecified atom stereocenters. The summed E-state index contributed by atoms with van der Waals surface area (Å²) in [4.78, 5) is 0. The number of halogens is 1. The summed E-state index contributed by atoms with van der Waals surface area (Å²) < 4.78 is 5.83. The third-order valence-corrected chi connectivity index (χ3v) is 5.05. The van der Waals surface area contributed by atoms with Crippen molar-refractivity contribution in [1.29, 1.82) is 0 Å². The van der Waals surface area contributed by atoms with Gasteiger partial charge in [-0.25, -0.2) is 0 Å². The molecule has 21 heavy (non-hydrogen) atoms. The maximum absolute atomic E-state index is 6.00. The molecule has 1 aliphatic carbocycles. The Morgan fingerprint density at radius 3 is 2.48 bits per heavy atom. The van der Waals surface area contributed by atoms with Gasteiger partial charge in [0, 0.05) is 29.1 Å². The standard InChI is InChI=1S/C18H28ClNO/c1-5-7-15(13-8-10-14(19)11-9-13)20-16-12-17(21-6-2)18(16,3)4/h8-11,15-17,20H,5-7,12H2,1-4H3. The van der Waals surface area contributed by atoms with Crippen LogP contribution in [-0.4, -0.2) is 18.8 Å². The predicted molar refractivity (Wildman–Crippen MR) is 89.8 cm³/mol. The van der Waals surface area contributed by atoms with E-state index in [2.05, 4.69) is 45.1 Å². The molecule has 118 valence electrons. The van der Waals surface area contributed by atoms with Gasteiger partial charge in [-0.05, 0) is 37.5 Å². The van der Waals surface area contributed by atoms with Crippen LogP contribution in [0.2, 0.25) is 5.02 Å². The zero-order valence-electron chi connectivity index (χ0n) is 13.7. The summed E-state index contributed by atoms with van der Waals surface area (Å²) in [6, 6.07) is 9.16. The maximum Gasteiger partial charge on any atom is 0.0655 e. The molecule has 3 heteroatoms. The predicted octanol–water partition coefficient (Wildman–Crippen LogP) is 4.97. The van der Waals surface area contributed by atoms with Crippen LogP contribution >= 0.6 is 11.6 Å². The lowest BCUT2D eigenvalue weighted by molar-refractivity contribution is -0.116. The number of benzene rings is 1. The fraction of sp³-hybridized carbons (Fsp3) is 0.667. The van der Waals surface area contributed by atoms with Crippen LogP contribution in [0.15, 0.2) is 24.3 Å². The summed E-state index contributed by atoms with van der Waals surface area (Å²) in [7, 11) is 0. The molecule has 0 saturated heterocycles. The van der Waals surface area contributed by atoms with Gasteiger partial charge in [0.25, 0.3) is 0 Å². The monoisotopic (exact) mass is 309 g/mol. The lowest BCUT2D eigenvalue weighted by atomic mass is 9.64. The highest BCUT2D eigenvalue weighted by atomic mass is 35.5. The first kappa shape index (κ1) is 16.8. The lowest BCUT2D eigenvalue weighted by Crippen LogP contribution is -2.61. The zero-order chi connectivity index (χ0) is 15.5. The van der Waals surface area contributed by atoms with Gasteiger partial charge in [-0.3, -0.25) is 0 Å². The van der Waals surface area contributed by atoms with Crippen molar-refractivity contribution in [3.8, 4) is 0 Å². The van der Waals surface area contributed by atoms with Crippen molar-refractivity contribution in [1.82, 2.24) is 5.32 Å². The third-order valence-electron chi connectivity index (χ3n) is 4.80. The highest BCUT2D eigenvalue weighted by Crippen LogP contribution is 2.44. The maximum atomic E-state index is 6.00. The molecule has 0 radical (unpaired) electrons. The van der Waals surface area contributed by atoms with Crippen molar-refractivity contribution < 1.29 is 4.74 Å². The fourth-order valence-electron chi connectivity index (χ4n) is 3.23. The molecule has 2 rings (SSSR count). The molecule has 3 atom stereocenters.